The van der Waals surface area contributed by atoms with E-state index in [0.29, 0.717) is 91.4 Å². The van der Waals surface area contributed by atoms with Crippen LogP contribution in [0.15, 0.2) is 24.3 Å². The Kier molecular flexibility index (Phi) is 16.0. The highest BCUT2D eigenvalue weighted by Crippen LogP contribution is 2.38. The monoisotopic (exact) mass is 748 g/mol. The molecule has 0 aromatic heterocycles. The summed E-state index contributed by atoms with van der Waals surface area (Å²) in [5.74, 6) is 3.24. The van der Waals surface area contributed by atoms with Crippen LogP contribution < -0.4 is 30.4 Å². The predicted octanol–water partition coefficient (Wildman–Crippen LogP) is 6.16. The summed E-state index contributed by atoms with van der Waals surface area (Å²) in [6, 6.07) is 6.55. The van der Waals surface area contributed by atoms with E-state index in [1.165, 1.54) is 14.2 Å². The maximum atomic E-state index is 13.7. The molecule has 12 nitrogen and oxygen atoms in total. The summed E-state index contributed by atoms with van der Waals surface area (Å²) < 4.78 is 35.3. The molecule has 0 radical (unpaired) electrons. The Hall–Kier alpha value is -3.20. The van der Waals surface area contributed by atoms with E-state index < -0.39 is 0 Å². The van der Waals surface area contributed by atoms with Crippen molar-refractivity contribution >= 4 is 46.7 Å². The minimum Gasteiger partial charge on any atom is -0.493 e. The van der Waals surface area contributed by atoms with E-state index in [4.69, 9.17) is 39.9 Å². The van der Waals surface area contributed by atoms with Crippen molar-refractivity contribution in [3.05, 3.63) is 35.4 Å². The van der Waals surface area contributed by atoms with Gasteiger partial charge >= 0.3 is 0 Å². The van der Waals surface area contributed by atoms with Crippen LogP contribution >= 0.6 is 23.5 Å². The first-order valence-electron chi connectivity index (χ1n) is 18.0. The topological polar surface area (TPSA) is 148 Å². The first-order chi connectivity index (χ1) is 24.7. The van der Waals surface area contributed by atoms with Gasteiger partial charge in [-0.3, -0.25) is 9.59 Å². The van der Waals surface area contributed by atoms with Crippen LogP contribution in [0.4, 0.5) is 11.4 Å². The van der Waals surface area contributed by atoms with Gasteiger partial charge in [0.05, 0.1) is 50.6 Å². The van der Waals surface area contributed by atoms with Crippen molar-refractivity contribution in [3.8, 4) is 23.0 Å². The molecule has 0 aliphatic carbocycles. The fourth-order valence-corrected chi connectivity index (χ4v) is 8.78. The van der Waals surface area contributed by atoms with Crippen LogP contribution in [0.5, 0.6) is 23.0 Å². The summed E-state index contributed by atoms with van der Waals surface area (Å²) in [4.78, 5) is 31.2. The lowest BCUT2D eigenvalue weighted by Crippen LogP contribution is -2.43. The van der Waals surface area contributed by atoms with E-state index in [9.17, 15) is 9.59 Å². The summed E-state index contributed by atoms with van der Waals surface area (Å²) in [5, 5.41) is 0. The fourth-order valence-electron chi connectivity index (χ4n) is 6.65. The Balaban J connectivity index is 1.36. The number of methoxy groups -OCH3 is 2. The van der Waals surface area contributed by atoms with E-state index in [1.807, 2.05) is 23.6 Å². The smallest absolute Gasteiger partial charge is 0.256 e. The number of benzene rings is 2. The number of anilines is 2. The number of nitrogens with zero attached hydrogens (tertiary/aromatic N) is 2. The number of thioether (sulfide) groups is 2. The van der Waals surface area contributed by atoms with Gasteiger partial charge in [0, 0.05) is 56.2 Å². The molecule has 2 aliphatic heterocycles. The standard InChI is InChI=1S/C37H56N4O8S2/c1-7-46-36(50-9-3)28-14-11-16-40(28)34(42)24-20-30(44-5)32(22-26(24)38)48-18-13-19-49-33-23-27(39)25(21-31(33)45-6)35(43)41-17-12-15-29(41)37(47-8-2)51-10-4/h20-23,28-29,36-37H,7-19,38-39H2,1-6H3/t28-,29-,36?,37?/m0/s1. The zero-order chi connectivity index (χ0) is 36.9. The number of carbonyl (C=O) groups is 2. The molecule has 2 fully saturated rings. The lowest BCUT2D eigenvalue weighted by atomic mass is 10.1. The Morgan fingerprint density at radius 1 is 0.706 bits per heavy atom. The van der Waals surface area contributed by atoms with Gasteiger partial charge < -0.3 is 49.7 Å². The van der Waals surface area contributed by atoms with E-state index in [-0.39, 0.29) is 34.8 Å². The molecule has 0 bridgehead atoms. The summed E-state index contributed by atoms with van der Waals surface area (Å²) >= 11 is 3.44. The molecule has 284 valence electrons. The number of hydrogen-bond donors (Lipinski definition) is 2. The predicted molar refractivity (Wildman–Crippen MR) is 206 cm³/mol. The average molecular weight is 749 g/mol. The molecular formula is C37H56N4O8S2. The third-order valence-electron chi connectivity index (χ3n) is 9.01. The molecule has 14 heteroatoms. The van der Waals surface area contributed by atoms with Crippen LogP contribution in [-0.4, -0.2) is 110 Å². The maximum absolute atomic E-state index is 13.7. The van der Waals surface area contributed by atoms with E-state index >= 15 is 0 Å². The summed E-state index contributed by atoms with van der Waals surface area (Å²) in [6.07, 6.45) is 4.12. The lowest BCUT2D eigenvalue weighted by molar-refractivity contribution is 0.0459. The quantitative estimate of drug-likeness (QED) is 0.0909. The van der Waals surface area contributed by atoms with Crippen LogP contribution in [0.2, 0.25) is 0 Å². The molecule has 2 aliphatic rings. The minimum atomic E-state index is -0.138. The van der Waals surface area contributed by atoms with Gasteiger partial charge in [0.2, 0.25) is 0 Å². The van der Waals surface area contributed by atoms with Crippen LogP contribution in [0.3, 0.4) is 0 Å². The van der Waals surface area contributed by atoms with Crippen molar-refractivity contribution in [3.63, 3.8) is 0 Å². The van der Waals surface area contributed by atoms with Crippen molar-refractivity contribution in [2.45, 2.75) is 82.8 Å². The molecule has 4 atom stereocenters. The van der Waals surface area contributed by atoms with Gasteiger partial charge in [-0.2, -0.15) is 0 Å². The van der Waals surface area contributed by atoms with Crippen LogP contribution in [0.1, 0.15) is 80.5 Å². The largest absolute Gasteiger partial charge is 0.493 e. The molecule has 51 heavy (non-hydrogen) atoms. The average Bonchev–Trinajstić information content (AvgIpc) is 3.82. The van der Waals surface area contributed by atoms with Crippen molar-refractivity contribution in [1.29, 1.82) is 0 Å². The van der Waals surface area contributed by atoms with Gasteiger partial charge in [-0.25, -0.2) is 0 Å². The third kappa shape index (κ3) is 10.0. The van der Waals surface area contributed by atoms with Crippen molar-refractivity contribution in [1.82, 2.24) is 9.80 Å². The SMILES string of the molecule is CCOC(SCC)[C@@H]1CCCN1C(=O)c1cc(OC)c(OCCCOc2cc(N)c(C(=O)N3CCC[C@H]3C(OCC)SCC)cc2OC)cc1N. The van der Waals surface area contributed by atoms with Gasteiger partial charge in [-0.05, 0) is 63.2 Å². The van der Waals surface area contributed by atoms with Crippen molar-refractivity contribution < 1.29 is 38.0 Å². The molecule has 2 aromatic rings. The van der Waals surface area contributed by atoms with Gasteiger partial charge in [-0.15, -0.1) is 23.5 Å². The lowest BCUT2D eigenvalue weighted by Gasteiger charge is -2.31. The fraction of sp³-hybridized carbons (Fsp3) is 0.622. The Morgan fingerprint density at radius 3 is 1.47 bits per heavy atom. The van der Waals surface area contributed by atoms with Gasteiger partial charge in [0.1, 0.15) is 10.9 Å². The summed E-state index contributed by atoms with van der Waals surface area (Å²) in [6.45, 7) is 11.2. The highest BCUT2D eigenvalue weighted by Gasteiger charge is 2.38. The molecule has 2 saturated heterocycles. The first-order valence-corrected chi connectivity index (χ1v) is 20.1. The molecular weight excluding hydrogens is 693 g/mol. The highest BCUT2D eigenvalue weighted by atomic mass is 32.2. The second-order valence-corrected chi connectivity index (χ2v) is 15.0. The zero-order valence-corrected chi connectivity index (χ0v) is 32.6. The van der Waals surface area contributed by atoms with Crippen LogP contribution in [-0.2, 0) is 9.47 Å². The Labute approximate surface area is 311 Å². The first kappa shape index (κ1) is 40.6. The number of ether oxygens (including phenoxy) is 6. The Bertz CT molecular complexity index is 1330. The number of likely N-dealkylation sites (tertiary alicyclic amines) is 2. The molecule has 2 amide bonds. The number of rotatable bonds is 20. The third-order valence-corrected chi connectivity index (χ3v) is 11.2. The molecule has 4 N–H and O–H groups in total. The molecule has 0 spiro atoms. The number of nitrogens with two attached hydrogens (primary N) is 2. The van der Waals surface area contributed by atoms with Gasteiger partial charge in [-0.1, -0.05) is 13.8 Å². The van der Waals surface area contributed by atoms with E-state index in [0.717, 1.165) is 37.2 Å². The second-order valence-electron chi connectivity index (χ2n) is 12.2. The maximum Gasteiger partial charge on any atom is 0.256 e. The highest BCUT2D eigenvalue weighted by molar-refractivity contribution is 8.00. The van der Waals surface area contributed by atoms with Gasteiger partial charge in [0.25, 0.3) is 11.8 Å². The van der Waals surface area contributed by atoms with E-state index in [1.54, 1.807) is 47.8 Å². The minimum absolute atomic E-state index is 0.0186. The number of nitrogen functional groups attached to an aromatic ring is 2. The molecule has 2 aromatic carbocycles. The zero-order valence-electron chi connectivity index (χ0n) is 30.9. The van der Waals surface area contributed by atoms with Crippen LogP contribution in [0, 0.1) is 0 Å². The number of carbonyl (C=O) groups excluding carboxylic acids is 2. The van der Waals surface area contributed by atoms with E-state index in [2.05, 4.69) is 13.8 Å². The number of hydrogen-bond acceptors (Lipinski definition) is 12. The van der Waals surface area contributed by atoms with Crippen LogP contribution in [0.25, 0.3) is 0 Å². The molecule has 4 rings (SSSR count). The van der Waals surface area contributed by atoms with Crippen molar-refractivity contribution in [2.75, 3.05) is 76.7 Å². The molecule has 0 saturated carbocycles. The second kappa shape index (κ2) is 20.1. The Morgan fingerprint density at radius 2 is 1.12 bits per heavy atom. The normalized spacial score (nSPS) is 18.5. The molecule has 2 unspecified atom stereocenters. The van der Waals surface area contributed by atoms with Crippen molar-refractivity contribution in [2.24, 2.45) is 0 Å². The summed E-state index contributed by atoms with van der Waals surface area (Å²) in [7, 11) is 3.07. The molecule has 2 heterocycles. The van der Waals surface area contributed by atoms with Gasteiger partial charge in [0.15, 0.2) is 23.0 Å². The number of amides is 2. The summed E-state index contributed by atoms with van der Waals surface area (Å²) in [5.41, 5.74) is 14.1.